The molecule has 0 saturated heterocycles. The lowest BCUT2D eigenvalue weighted by Crippen LogP contribution is -2.29. The van der Waals surface area contributed by atoms with E-state index >= 15 is 0 Å². The number of hydrogen-bond donors (Lipinski definition) is 1. The molecule has 0 aromatic rings. The van der Waals surface area contributed by atoms with Gasteiger partial charge in [0.05, 0.1) is 0 Å². The third-order valence-electron chi connectivity index (χ3n) is 3.88. The van der Waals surface area contributed by atoms with E-state index in [2.05, 4.69) is 13.8 Å². The molecular formula is C13H27N. The summed E-state index contributed by atoms with van der Waals surface area (Å²) in [6.07, 6.45) is 11.2. The molecule has 84 valence electrons. The van der Waals surface area contributed by atoms with Gasteiger partial charge in [-0.05, 0) is 37.1 Å². The van der Waals surface area contributed by atoms with Gasteiger partial charge in [0, 0.05) is 0 Å². The molecule has 1 aliphatic carbocycles. The molecule has 1 fully saturated rings. The van der Waals surface area contributed by atoms with Crippen LogP contribution in [-0.2, 0) is 0 Å². The highest BCUT2D eigenvalue weighted by Crippen LogP contribution is 2.47. The van der Waals surface area contributed by atoms with Crippen LogP contribution in [0.15, 0.2) is 0 Å². The van der Waals surface area contributed by atoms with Crippen LogP contribution in [0.5, 0.6) is 0 Å². The van der Waals surface area contributed by atoms with E-state index in [0.29, 0.717) is 5.41 Å². The molecule has 1 aliphatic rings. The average molecular weight is 197 g/mol. The first-order valence-electron chi connectivity index (χ1n) is 6.43. The minimum absolute atomic E-state index is 0.478. The molecule has 1 heteroatoms. The monoisotopic (exact) mass is 197 g/mol. The van der Waals surface area contributed by atoms with Crippen molar-refractivity contribution < 1.29 is 0 Å². The molecule has 1 saturated carbocycles. The van der Waals surface area contributed by atoms with Gasteiger partial charge in [0.1, 0.15) is 0 Å². The van der Waals surface area contributed by atoms with Crippen LogP contribution in [0.4, 0.5) is 0 Å². The van der Waals surface area contributed by atoms with Crippen molar-refractivity contribution in [1.29, 1.82) is 0 Å². The van der Waals surface area contributed by atoms with Crippen LogP contribution in [0.2, 0.25) is 0 Å². The Morgan fingerprint density at radius 3 is 2.29 bits per heavy atom. The Balaban J connectivity index is 2.08. The molecule has 0 radical (unpaired) electrons. The number of rotatable bonds is 8. The molecule has 0 spiro atoms. The molecule has 0 bridgehead atoms. The molecule has 0 aromatic heterocycles. The summed E-state index contributed by atoms with van der Waals surface area (Å²) >= 11 is 0. The van der Waals surface area contributed by atoms with Gasteiger partial charge in [-0.1, -0.05) is 46.0 Å². The number of hydrogen-bond acceptors (Lipinski definition) is 1. The number of nitrogens with two attached hydrogens (primary N) is 1. The predicted molar refractivity (Wildman–Crippen MR) is 63.3 cm³/mol. The summed E-state index contributed by atoms with van der Waals surface area (Å²) in [7, 11) is 0. The second-order valence-corrected chi connectivity index (χ2v) is 5.30. The first-order valence-corrected chi connectivity index (χ1v) is 6.43. The first kappa shape index (κ1) is 12.0. The van der Waals surface area contributed by atoms with Crippen LogP contribution >= 0.6 is 0 Å². The summed E-state index contributed by atoms with van der Waals surface area (Å²) in [4.78, 5) is 0. The Bertz CT molecular complexity index is 151. The van der Waals surface area contributed by atoms with E-state index in [1.165, 1.54) is 51.4 Å². The van der Waals surface area contributed by atoms with Crippen LogP contribution < -0.4 is 5.73 Å². The second-order valence-electron chi connectivity index (χ2n) is 5.30. The Kier molecular flexibility index (Phi) is 4.94. The highest BCUT2D eigenvalue weighted by atomic mass is 14.6. The van der Waals surface area contributed by atoms with Gasteiger partial charge in [0.25, 0.3) is 0 Å². The molecule has 1 nitrogen and oxygen atoms in total. The zero-order valence-electron chi connectivity index (χ0n) is 10.0. The summed E-state index contributed by atoms with van der Waals surface area (Å²) in [5.41, 5.74) is 6.37. The summed E-state index contributed by atoms with van der Waals surface area (Å²) < 4.78 is 0. The molecule has 2 N–H and O–H groups in total. The molecule has 1 unspecified atom stereocenters. The van der Waals surface area contributed by atoms with Gasteiger partial charge in [-0.3, -0.25) is 0 Å². The van der Waals surface area contributed by atoms with E-state index in [9.17, 15) is 0 Å². The zero-order valence-corrected chi connectivity index (χ0v) is 10.0. The third-order valence-corrected chi connectivity index (χ3v) is 3.88. The van der Waals surface area contributed by atoms with Crippen molar-refractivity contribution in [2.75, 3.05) is 6.54 Å². The highest BCUT2D eigenvalue weighted by Gasteiger charge is 2.39. The SMILES string of the molecule is CCCCCCCC(C)(CN)C1CC1. The summed E-state index contributed by atoms with van der Waals surface area (Å²) in [5.74, 6) is 0.957. The van der Waals surface area contributed by atoms with Gasteiger partial charge >= 0.3 is 0 Å². The van der Waals surface area contributed by atoms with Crippen molar-refractivity contribution in [2.45, 2.75) is 65.2 Å². The molecule has 0 aromatic carbocycles. The topological polar surface area (TPSA) is 26.0 Å². The van der Waals surface area contributed by atoms with Crippen LogP contribution in [0, 0.1) is 11.3 Å². The van der Waals surface area contributed by atoms with E-state index in [4.69, 9.17) is 5.73 Å². The maximum Gasteiger partial charge on any atom is -0.00205 e. The molecular weight excluding hydrogens is 170 g/mol. The predicted octanol–water partition coefficient (Wildman–Crippen LogP) is 3.72. The average Bonchev–Trinajstić information content (AvgIpc) is 3.01. The number of unbranched alkanes of at least 4 members (excludes halogenated alkanes) is 4. The van der Waals surface area contributed by atoms with Crippen molar-refractivity contribution in [3.8, 4) is 0 Å². The van der Waals surface area contributed by atoms with Gasteiger partial charge in [-0.25, -0.2) is 0 Å². The quantitative estimate of drug-likeness (QED) is 0.590. The first-order chi connectivity index (χ1) is 6.73. The summed E-state index contributed by atoms with van der Waals surface area (Å²) in [5, 5.41) is 0. The van der Waals surface area contributed by atoms with Crippen LogP contribution in [0.1, 0.15) is 65.2 Å². The Labute approximate surface area is 89.5 Å². The fourth-order valence-corrected chi connectivity index (χ4v) is 2.39. The van der Waals surface area contributed by atoms with Gasteiger partial charge < -0.3 is 5.73 Å². The van der Waals surface area contributed by atoms with E-state index < -0.39 is 0 Å². The lowest BCUT2D eigenvalue weighted by atomic mass is 9.80. The zero-order chi connectivity index (χ0) is 10.4. The van der Waals surface area contributed by atoms with E-state index in [-0.39, 0.29) is 0 Å². The summed E-state index contributed by atoms with van der Waals surface area (Å²) in [6.45, 7) is 5.56. The molecule has 1 atom stereocenters. The standard InChI is InChI=1S/C13H27N/c1-3-4-5-6-7-10-13(2,11-14)12-8-9-12/h12H,3-11,14H2,1-2H3. The van der Waals surface area contributed by atoms with Crippen LogP contribution in [-0.4, -0.2) is 6.54 Å². The molecule has 14 heavy (non-hydrogen) atoms. The second kappa shape index (κ2) is 5.75. The molecule has 0 aliphatic heterocycles. The highest BCUT2D eigenvalue weighted by molar-refractivity contribution is 4.91. The fourth-order valence-electron chi connectivity index (χ4n) is 2.39. The smallest absolute Gasteiger partial charge is 0.00205 e. The maximum absolute atomic E-state index is 5.89. The summed E-state index contributed by atoms with van der Waals surface area (Å²) in [6, 6.07) is 0. The van der Waals surface area contributed by atoms with Gasteiger partial charge in [-0.2, -0.15) is 0 Å². The lowest BCUT2D eigenvalue weighted by molar-refractivity contribution is 0.250. The Morgan fingerprint density at radius 1 is 1.14 bits per heavy atom. The van der Waals surface area contributed by atoms with Crippen molar-refractivity contribution >= 4 is 0 Å². The minimum Gasteiger partial charge on any atom is -0.330 e. The van der Waals surface area contributed by atoms with Crippen molar-refractivity contribution in [3.63, 3.8) is 0 Å². The minimum atomic E-state index is 0.478. The Morgan fingerprint density at radius 2 is 1.79 bits per heavy atom. The Hall–Kier alpha value is -0.0400. The molecule has 1 rings (SSSR count). The van der Waals surface area contributed by atoms with Crippen LogP contribution in [0.3, 0.4) is 0 Å². The van der Waals surface area contributed by atoms with E-state index in [0.717, 1.165) is 12.5 Å². The normalized spacial score (nSPS) is 20.8. The van der Waals surface area contributed by atoms with Gasteiger partial charge in [0.2, 0.25) is 0 Å². The maximum atomic E-state index is 5.89. The molecule has 0 heterocycles. The largest absolute Gasteiger partial charge is 0.330 e. The van der Waals surface area contributed by atoms with E-state index in [1.54, 1.807) is 0 Å². The third kappa shape index (κ3) is 3.61. The van der Waals surface area contributed by atoms with Gasteiger partial charge in [-0.15, -0.1) is 0 Å². The fraction of sp³-hybridized carbons (Fsp3) is 1.00. The lowest BCUT2D eigenvalue weighted by Gasteiger charge is -2.27. The van der Waals surface area contributed by atoms with Crippen molar-refractivity contribution in [2.24, 2.45) is 17.1 Å². The van der Waals surface area contributed by atoms with Crippen LogP contribution in [0.25, 0.3) is 0 Å². The van der Waals surface area contributed by atoms with E-state index in [1.807, 2.05) is 0 Å². The van der Waals surface area contributed by atoms with Crippen molar-refractivity contribution in [1.82, 2.24) is 0 Å². The molecule has 0 amide bonds. The van der Waals surface area contributed by atoms with Gasteiger partial charge in [0.15, 0.2) is 0 Å². The van der Waals surface area contributed by atoms with Crippen molar-refractivity contribution in [3.05, 3.63) is 0 Å².